The third-order valence-electron chi connectivity index (χ3n) is 2.41. The van der Waals surface area contributed by atoms with Gasteiger partial charge in [-0.25, -0.2) is 4.98 Å². The summed E-state index contributed by atoms with van der Waals surface area (Å²) in [5, 5.41) is 6.96. The number of hydrogen-bond donors (Lipinski definition) is 1. The van der Waals surface area contributed by atoms with Gasteiger partial charge in [-0.15, -0.1) is 0 Å². The van der Waals surface area contributed by atoms with E-state index in [1.54, 1.807) is 13.2 Å². The summed E-state index contributed by atoms with van der Waals surface area (Å²) in [5.74, 6) is 1.70. The van der Waals surface area contributed by atoms with Gasteiger partial charge in [-0.1, -0.05) is 13.8 Å². The Morgan fingerprint density at radius 2 is 2.19 bits per heavy atom. The number of aromatic nitrogens is 4. The average molecular weight is 218 g/mol. The molecular weight excluding hydrogens is 204 g/mol. The second-order valence-corrected chi connectivity index (χ2v) is 4.06. The molecule has 0 saturated carbocycles. The molecule has 16 heavy (non-hydrogen) atoms. The normalized spacial score (nSPS) is 11.0. The summed E-state index contributed by atoms with van der Waals surface area (Å²) in [6.07, 6.45) is 1.71. The third-order valence-corrected chi connectivity index (χ3v) is 2.41. The van der Waals surface area contributed by atoms with Gasteiger partial charge in [0, 0.05) is 30.8 Å². The van der Waals surface area contributed by atoms with E-state index in [-0.39, 0.29) is 5.56 Å². The Balaban J connectivity index is 2.43. The molecule has 2 aromatic heterocycles. The molecule has 5 nitrogen and oxygen atoms in total. The predicted octanol–water partition coefficient (Wildman–Crippen LogP) is 1.29. The van der Waals surface area contributed by atoms with E-state index in [2.05, 4.69) is 15.2 Å². The van der Waals surface area contributed by atoms with Crippen LogP contribution in [0.2, 0.25) is 0 Å². The largest absolute Gasteiger partial charge is 0.319 e. The van der Waals surface area contributed by atoms with Gasteiger partial charge in [-0.05, 0) is 6.07 Å². The van der Waals surface area contributed by atoms with E-state index in [1.807, 2.05) is 19.9 Å². The Morgan fingerprint density at radius 3 is 2.75 bits per heavy atom. The van der Waals surface area contributed by atoms with Crippen molar-refractivity contribution in [3.63, 3.8) is 0 Å². The zero-order valence-corrected chi connectivity index (χ0v) is 9.56. The summed E-state index contributed by atoms with van der Waals surface area (Å²) in [5.41, 5.74) is 0.680. The van der Waals surface area contributed by atoms with Crippen molar-refractivity contribution in [3.05, 3.63) is 34.5 Å². The Labute approximate surface area is 93.2 Å². The van der Waals surface area contributed by atoms with Gasteiger partial charge in [-0.3, -0.25) is 9.89 Å². The van der Waals surface area contributed by atoms with Gasteiger partial charge < -0.3 is 4.57 Å². The highest BCUT2D eigenvalue weighted by Crippen LogP contribution is 2.15. The van der Waals surface area contributed by atoms with Gasteiger partial charge in [-0.2, -0.15) is 5.10 Å². The van der Waals surface area contributed by atoms with E-state index < -0.39 is 0 Å². The van der Waals surface area contributed by atoms with E-state index in [1.165, 1.54) is 10.6 Å². The quantitative estimate of drug-likeness (QED) is 0.826. The monoisotopic (exact) mass is 218 g/mol. The lowest BCUT2D eigenvalue weighted by molar-refractivity contribution is 0.781. The molecule has 0 aliphatic heterocycles. The summed E-state index contributed by atoms with van der Waals surface area (Å²) < 4.78 is 1.51. The first kappa shape index (κ1) is 10.6. The summed E-state index contributed by atoms with van der Waals surface area (Å²) in [6.45, 7) is 4.07. The average Bonchev–Trinajstić information content (AvgIpc) is 2.71. The highest BCUT2D eigenvalue weighted by atomic mass is 16.1. The number of pyridine rings is 1. The molecule has 0 aromatic carbocycles. The minimum Gasteiger partial charge on any atom is -0.319 e. The molecule has 5 heteroatoms. The molecule has 1 N–H and O–H groups in total. The summed E-state index contributed by atoms with van der Waals surface area (Å²) >= 11 is 0. The second-order valence-electron chi connectivity index (χ2n) is 4.06. The first-order valence-electron chi connectivity index (χ1n) is 5.17. The van der Waals surface area contributed by atoms with Crippen molar-refractivity contribution in [1.82, 2.24) is 19.7 Å². The van der Waals surface area contributed by atoms with Crippen molar-refractivity contribution in [3.8, 4) is 11.4 Å². The highest BCUT2D eigenvalue weighted by Gasteiger charge is 2.08. The topological polar surface area (TPSA) is 63.6 Å². The van der Waals surface area contributed by atoms with E-state index in [0.717, 1.165) is 11.4 Å². The van der Waals surface area contributed by atoms with Crippen molar-refractivity contribution in [2.45, 2.75) is 19.8 Å². The molecule has 0 aliphatic rings. The summed E-state index contributed by atoms with van der Waals surface area (Å²) in [6, 6.07) is 3.36. The molecule has 2 aromatic rings. The van der Waals surface area contributed by atoms with Crippen LogP contribution in [0.1, 0.15) is 25.6 Å². The molecule has 0 bridgehead atoms. The molecule has 0 saturated heterocycles. The Kier molecular flexibility index (Phi) is 2.60. The lowest BCUT2D eigenvalue weighted by Gasteiger charge is -1.98. The molecule has 0 amide bonds. The molecule has 0 spiro atoms. The van der Waals surface area contributed by atoms with Crippen LogP contribution in [-0.2, 0) is 7.05 Å². The first-order chi connectivity index (χ1) is 7.58. The highest BCUT2D eigenvalue weighted by molar-refractivity contribution is 5.53. The lowest BCUT2D eigenvalue weighted by Crippen LogP contribution is -2.14. The molecule has 2 rings (SSSR count). The van der Waals surface area contributed by atoms with Crippen LogP contribution in [0.15, 0.2) is 23.1 Å². The molecule has 2 heterocycles. The SMILES string of the molecule is CC(C)c1nc(-c2ccn(C)c(=O)c2)n[nH]1. The fraction of sp³-hybridized carbons (Fsp3) is 0.364. The maximum Gasteiger partial charge on any atom is 0.250 e. The maximum atomic E-state index is 11.5. The summed E-state index contributed by atoms with van der Waals surface area (Å²) in [4.78, 5) is 15.8. The van der Waals surface area contributed by atoms with Crippen LogP contribution in [0.5, 0.6) is 0 Å². The fourth-order valence-corrected chi connectivity index (χ4v) is 1.35. The molecular formula is C11H14N4O. The van der Waals surface area contributed by atoms with Crippen LogP contribution in [-0.4, -0.2) is 19.7 Å². The second kappa shape index (κ2) is 3.92. The van der Waals surface area contributed by atoms with Gasteiger partial charge in [0.2, 0.25) is 0 Å². The minimum absolute atomic E-state index is 0.0617. The Hall–Kier alpha value is -1.91. The number of hydrogen-bond acceptors (Lipinski definition) is 3. The molecule has 84 valence electrons. The molecule has 0 radical (unpaired) electrons. The lowest BCUT2D eigenvalue weighted by atomic mass is 10.2. The zero-order chi connectivity index (χ0) is 11.7. The van der Waals surface area contributed by atoms with Crippen LogP contribution in [0.3, 0.4) is 0 Å². The van der Waals surface area contributed by atoms with Crippen molar-refractivity contribution >= 4 is 0 Å². The van der Waals surface area contributed by atoms with Crippen molar-refractivity contribution in [2.75, 3.05) is 0 Å². The number of nitrogens with zero attached hydrogens (tertiary/aromatic N) is 3. The van der Waals surface area contributed by atoms with Gasteiger partial charge >= 0.3 is 0 Å². The van der Waals surface area contributed by atoms with Crippen LogP contribution in [0, 0.1) is 0 Å². The molecule has 0 atom stereocenters. The van der Waals surface area contributed by atoms with Crippen LogP contribution in [0.4, 0.5) is 0 Å². The van der Waals surface area contributed by atoms with Gasteiger partial charge in [0.05, 0.1) is 0 Å². The van der Waals surface area contributed by atoms with Gasteiger partial charge in [0.15, 0.2) is 5.82 Å². The van der Waals surface area contributed by atoms with Crippen molar-refractivity contribution in [2.24, 2.45) is 7.05 Å². The van der Waals surface area contributed by atoms with E-state index in [0.29, 0.717) is 11.7 Å². The van der Waals surface area contributed by atoms with Crippen molar-refractivity contribution in [1.29, 1.82) is 0 Å². The smallest absolute Gasteiger partial charge is 0.250 e. The van der Waals surface area contributed by atoms with E-state index in [4.69, 9.17) is 0 Å². The van der Waals surface area contributed by atoms with E-state index >= 15 is 0 Å². The minimum atomic E-state index is -0.0617. The predicted molar refractivity (Wildman–Crippen MR) is 61.1 cm³/mol. The van der Waals surface area contributed by atoms with Crippen LogP contribution in [0.25, 0.3) is 11.4 Å². The third kappa shape index (κ3) is 1.88. The van der Waals surface area contributed by atoms with Crippen LogP contribution >= 0.6 is 0 Å². The van der Waals surface area contributed by atoms with Crippen LogP contribution < -0.4 is 5.56 Å². The number of rotatable bonds is 2. The number of aromatic amines is 1. The standard InChI is InChI=1S/C11H14N4O/c1-7(2)10-12-11(14-13-10)8-4-5-15(3)9(16)6-8/h4-7H,1-3H3,(H,12,13,14). The van der Waals surface area contributed by atoms with Gasteiger partial charge in [0.1, 0.15) is 5.82 Å². The maximum absolute atomic E-state index is 11.5. The molecule has 0 unspecified atom stereocenters. The van der Waals surface area contributed by atoms with Crippen molar-refractivity contribution < 1.29 is 0 Å². The van der Waals surface area contributed by atoms with Gasteiger partial charge in [0.25, 0.3) is 5.56 Å². The number of H-pyrrole nitrogens is 1. The zero-order valence-electron chi connectivity index (χ0n) is 9.56. The Bertz CT molecular complexity index is 553. The van der Waals surface area contributed by atoms with E-state index in [9.17, 15) is 4.79 Å². The molecule has 0 fully saturated rings. The number of nitrogens with one attached hydrogen (secondary N) is 1. The first-order valence-corrected chi connectivity index (χ1v) is 5.17. The molecule has 0 aliphatic carbocycles. The number of aryl methyl sites for hydroxylation is 1. The Morgan fingerprint density at radius 1 is 1.44 bits per heavy atom. The fourth-order valence-electron chi connectivity index (χ4n) is 1.35. The summed E-state index contributed by atoms with van der Waals surface area (Å²) in [7, 11) is 1.71.